The molecular formula is C25H36O4. The van der Waals surface area contributed by atoms with Crippen LogP contribution in [0.1, 0.15) is 87.0 Å². The third-order valence-electron chi connectivity index (χ3n) is 8.81. The Hall–Kier alpha value is -1.45. The van der Waals surface area contributed by atoms with Gasteiger partial charge in [-0.2, -0.15) is 0 Å². The molecule has 1 heterocycles. The first-order chi connectivity index (χ1) is 13.2. The van der Waals surface area contributed by atoms with Gasteiger partial charge >= 0.3 is 0 Å². The summed E-state index contributed by atoms with van der Waals surface area (Å²) in [6.45, 7) is 13.9. The van der Waals surface area contributed by atoms with Crippen LogP contribution in [0.2, 0.25) is 0 Å². The zero-order valence-electron chi connectivity index (χ0n) is 19.1. The largest absolute Gasteiger partial charge is 0.490 e. The van der Waals surface area contributed by atoms with Crippen molar-refractivity contribution in [1.29, 1.82) is 0 Å². The second-order valence-corrected chi connectivity index (χ2v) is 12.0. The van der Waals surface area contributed by atoms with Gasteiger partial charge in [0.2, 0.25) is 0 Å². The summed E-state index contributed by atoms with van der Waals surface area (Å²) in [4.78, 5) is 39.2. The van der Waals surface area contributed by atoms with Gasteiger partial charge in [0.25, 0.3) is 0 Å². The standard InChI is InChI=1S/C25H36O4/c1-22(2)13-16-17(22)10-11-25(7)14(8-9-18(16)26)12-15-19(27)23(3,4)21(28)24(5,6)20(15)29-25/h14,16-17H,8-13H2,1-7H3/t14-,16-,17+,25+/m0/s1. The van der Waals surface area contributed by atoms with Crippen LogP contribution >= 0.6 is 0 Å². The zero-order valence-corrected chi connectivity index (χ0v) is 19.1. The number of ketones is 3. The topological polar surface area (TPSA) is 60.4 Å². The Morgan fingerprint density at radius 1 is 0.897 bits per heavy atom. The Kier molecular flexibility index (Phi) is 4.34. The van der Waals surface area contributed by atoms with Crippen molar-refractivity contribution in [3.8, 4) is 0 Å². The van der Waals surface area contributed by atoms with Crippen molar-refractivity contribution in [2.75, 3.05) is 0 Å². The molecule has 29 heavy (non-hydrogen) atoms. The highest BCUT2D eigenvalue weighted by Gasteiger charge is 2.59. The molecule has 4 nitrogen and oxygen atoms in total. The molecule has 0 N–H and O–H groups in total. The van der Waals surface area contributed by atoms with Crippen LogP contribution in [0, 0.1) is 34.0 Å². The van der Waals surface area contributed by atoms with Gasteiger partial charge in [0.15, 0.2) is 11.6 Å². The molecule has 0 radical (unpaired) electrons. The van der Waals surface area contributed by atoms with E-state index < -0.39 is 16.4 Å². The molecule has 1 aliphatic heterocycles. The third kappa shape index (κ3) is 2.80. The van der Waals surface area contributed by atoms with Gasteiger partial charge in [-0.05, 0) is 78.1 Å². The van der Waals surface area contributed by atoms with Gasteiger partial charge in [-0.25, -0.2) is 0 Å². The summed E-state index contributed by atoms with van der Waals surface area (Å²) in [5.41, 5.74) is -1.35. The molecule has 0 unspecified atom stereocenters. The molecule has 0 amide bonds. The lowest BCUT2D eigenvalue weighted by Gasteiger charge is -2.53. The number of carbonyl (C=O) groups excluding carboxylic acids is 3. The summed E-state index contributed by atoms with van der Waals surface area (Å²) in [7, 11) is 0. The number of allylic oxidation sites excluding steroid dienone is 2. The van der Waals surface area contributed by atoms with Crippen molar-refractivity contribution in [2.45, 2.75) is 92.6 Å². The lowest BCUT2D eigenvalue weighted by Crippen LogP contribution is -2.54. The van der Waals surface area contributed by atoms with Crippen molar-refractivity contribution in [1.82, 2.24) is 0 Å². The van der Waals surface area contributed by atoms with Crippen molar-refractivity contribution >= 4 is 17.3 Å². The minimum absolute atomic E-state index is 0.0609. The average molecular weight is 401 g/mol. The third-order valence-corrected chi connectivity index (χ3v) is 8.81. The number of rotatable bonds is 0. The highest BCUT2D eigenvalue weighted by atomic mass is 16.5. The molecule has 2 fully saturated rings. The smallest absolute Gasteiger partial charge is 0.175 e. The van der Waals surface area contributed by atoms with Crippen LogP contribution in [-0.2, 0) is 19.1 Å². The van der Waals surface area contributed by atoms with Crippen LogP contribution in [0.3, 0.4) is 0 Å². The summed E-state index contributed by atoms with van der Waals surface area (Å²) < 4.78 is 6.66. The highest BCUT2D eigenvalue weighted by molar-refractivity contribution is 6.19. The predicted molar refractivity (Wildman–Crippen MR) is 111 cm³/mol. The van der Waals surface area contributed by atoms with E-state index in [0.717, 1.165) is 25.7 Å². The molecule has 0 spiro atoms. The predicted octanol–water partition coefficient (Wildman–Crippen LogP) is 5.05. The van der Waals surface area contributed by atoms with Gasteiger partial charge in [0.05, 0.1) is 10.8 Å². The fourth-order valence-corrected chi connectivity index (χ4v) is 6.78. The Morgan fingerprint density at radius 3 is 2.17 bits per heavy atom. The quantitative estimate of drug-likeness (QED) is 0.534. The Morgan fingerprint density at radius 2 is 1.55 bits per heavy atom. The van der Waals surface area contributed by atoms with E-state index in [1.807, 2.05) is 13.8 Å². The van der Waals surface area contributed by atoms with Gasteiger partial charge < -0.3 is 4.74 Å². The van der Waals surface area contributed by atoms with E-state index >= 15 is 0 Å². The highest BCUT2D eigenvalue weighted by Crippen LogP contribution is 2.58. The van der Waals surface area contributed by atoms with Crippen LogP contribution in [-0.4, -0.2) is 23.0 Å². The second-order valence-electron chi connectivity index (χ2n) is 12.0. The minimum atomic E-state index is -1.02. The number of Topliss-reactive ketones (excluding diaryl/α,β-unsaturated/α-hetero) is 3. The van der Waals surface area contributed by atoms with Crippen molar-refractivity contribution in [3.63, 3.8) is 0 Å². The van der Waals surface area contributed by atoms with E-state index in [-0.39, 0.29) is 28.8 Å². The fourth-order valence-electron chi connectivity index (χ4n) is 6.78. The van der Waals surface area contributed by atoms with Crippen LogP contribution in [0.25, 0.3) is 0 Å². The zero-order chi connectivity index (χ0) is 21.6. The Bertz CT molecular complexity index is 828. The normalized spacial score (nSPS) is 40.4. The summed E-state index contributed by atoms with van der Waals surface area (Å²) in [6.07, 6.45) is 4.78. The van der Waals surface area contributed by atoms with Crippen molar-refractivity contribution in [3.05, 3.63) is 11.3 Å². The van der Waals surface area contributed by atoms with E-state index in [0.29, 0.717) is 35.9 Å². The van der Waals surface area contributed by atoms with Crippen molar-refractivity contribution < 1.29 is 19.1 Å². The molecule has 4 rings (SSSR count). The molecule has 0 saturated heterocycles. The maximum atomic E-state index is 13.2. The first kappa shape index (κ1) is 20.8. The van der Waals surface area contributed by atoms with Gasteiger partial charge in [-0.15, -0.1) is 0 Å². The molecule has 160 valence electrons. The molecule has 0 aromatic rings. The molecule has 3 aliphatic carbocycles. The summed E-state index contributed by atoms with van der Waals surface area (Å²) in [6, 6.07) is 0. The molecule has 0 bridgehead atoms. The first-order valence-corrected chi connectivity index (χ1v) is 11.3. The summed E-state index contributed by atoms with van der Waals surface area (Å²) in [5, 5.41) is 0. The molecule has 4 heteroatoms. The maximum Gasteiger partial charge on any atom is 0.175 e. The van der Waals surface area contributed by atoms with Crippen LogP contribution in [0.5, 0.6) is 0 Å². The fraction of sp³-hybridized carbons (Fsp3) is 0.800. The van der Waals surface area contributed by atoms with E-state index in [4.69, 9.17) is 4.74 Å². The lowest BCUT2D eigenvalue weighted by molar-refractivity contribution is -0.153. The molecule has 2 saturated carbocycles. The summed E-state index contributed by atoms with van der Waals surface area (Å²) >= 11 is 0. The van der Waals surface area contributed by atoms with Gasteiger partial charge in [0.1, 0.15) is 17.1 Å². The van der Waals surface area contributed by atoms with Gasteiger partial charge in [0, 0.05) is 23.8 Å². The van der Waals surface area contributed by atoms with E-state index in [9.17, 15) is 14.4 Å². The Balaban J connectivity index is 1.72. The van der Waals surface area contributed by atoms with Crippen molar-refractivity contribution in [2.24, 2.45) is 34.0 Å². The van der Waals surface area contributed by atoms with E-state index in [2.05, 4.69) is 20.8 Å². The second kappa shape index (κ2) is 6.04. The molecular weight excluding hydrogens is 364 g/mol. The van der Waals surface area contributed by atoms with Gasteiger partial charge in [-0.3, -0.25) is 14.4 Å². The lowest BCUT2D eigenvalue weighted by atomic mass is 9.53. The van der Waals surface area contributed by atoms with Crippen LogP contribution in [0.4, 0.5) is 0 Å². The summed E-state index contributed by atoms with van der Waals surface area (Å²) in [5.74, 6) is 1.57. The maximum absolute atomic E-state index is 13.2. The van der Waals surface area contributed by atoms with Crippen LogP contribution in [0.15, 0.2) is 11.3 Å². The van der Waals surface area contributed by atoms with Crippen LogP contribution < -0.4 is 0 Å². The van der Waals surface area contributed by atoms with E-state index in [1.165, 1.54) is 0 Å². The first-order valence-electron chi connectivity index (χ1n) is 11.3. The molecule has 4 aliphatic rings. The number of ether oxygens (including phenoxy) is 1. The number of hydrogen-bond acceptors (Lipinski definition) is 4. The number of hydrogen-bond donors (Lipinski definition) is 0. The number of fused-ring (bicyclic) bond motifs is 2. The SMILES string of the molecule is CC1(C)C(=O)C2=C(O[C@]3(C)CC[C@@H]4[C@H](CC4(C)C)C(=O)CC[C@H]3C2)C(C)(C)C1=O. The number of carbonyl (C=O) groups is 3. The molecule has 0 aromatic heterocycles. The average Bonchev–Trinajstić information content (AvgIpc) is 2.66. The molecule has 4 atom stereocenters. The Labute approximate surface area is 174 Å². The van der Waals surface area contributed by atoms with Gasteiger partial charge in [-0.1, -0.05) is 13.8 Å². The van der Waals surface area contributed by atoms with E-state index in [1.54, 1.807) is 13.8 Å². The molecule has 0 aromatic carbocycles. The minimum Gasteiger partial charge on any atom is -0.490 e. The monoisotopic (exact) mass is 400 g/mol.